The standard InChI is InChI=1S/C16H25N5O3/c1-24-5-3-17-16(23)20-12-6-11(7-12)14-8-15(19-10-18-14)21-4-2-13(22)9-21/h8,10-13,22H,2-7,9H2,1H3,(H2,17,20,23)/t11?,12?,13-/m0/s1. The van der Waals surface area contributed by atoms with E-state index in [0.29, 0.717) is 25.6 Å². The summed E-state index contributed by atoms with van der Waals surface area (Å²) in [6, 6.07) is 2.05. The summed E-state index contributed by atoms with van der Waals surface area (Å²) in [5, 5.41) is 15.4. The van der Waals surface area contributed by atoms with E-state index in [2.05, 4.69) is 25.5 Å². The van der Waals surface area contributed by atoms with E-state index in [1.807, 2.05) is 6.07 Å². The third kappa shape index (κ3) is 4.12. The number of aliphatic hydroxyl groups is 1. The van der Waals surface area contributed by atoms with E-state index in [4.69, 9.17) is 4.74 Å². The molecule has 1 aliphatic heterocycles. The van der Waals surface area contributed by atoms with Crippen LogP contribution in [0, 0.1) is 0 Å². The lowest BCUT2D eigenvalue weighted by molar-refractivity contribution is 0.192. The molecule has 8 nitrogen and oxygen atoms in total. The van der Waals surface area contributed by atoms with E-state index < -0.39 is 0 Å². The van der Waals surface area contributed by atoms with Gasteiger partial charge >= 0.3 is 6.03 Å². The predicted molar refractivity (Wildman–Crippen MR) is 89.0 cm³/mol. The number of hydrogen-bond donors (Lipinski definition) is 3. The maximum atomic E-state index is 11.7. The second kappa shape index (κ2) is 7.76. The number of rotatable bonds is 6. The first-order valence-electron chi connectivity index (χ1n) is 8.44. The monoisotopic (exact) mass is 335 g/mol. The van der Waals surface area contributed by atoms with Crippen molar-refractivity contribution >= 4 is 11.8 Å². The van der Waals surface area contributed by atoms with Crippen LogP contribution in [0.5, 0.6) is 0 Å². The van der Waals surface area contributed by atoms with Crippen molar-refractivity contribution in [1.82, 2.24) is 20.6 Å². The van der Waals surface area contributed by atoms with E-state index >= 15 is 0 Å². The quantitative estimate of drug-likeness (QED) is 0.644. The van der Waals surface area contributed by atoms with Crippen molar-refractivity contribution < 1.29 is 14.6 Å². The lowest BCUT2D eigenvalue weighted by atomic mass is 9.78. The highest BCUT2D eigenvalue weighted by atomic mass is 16.5. The van der Waals surface area contributed by atoms with Gasteiger partial charge in [-0.25, -0.2) is 14.8 Å². The fraction of sp³-hybridized carbons (Fsp3) is 0.688. The Kier molecular flexibility index (Phi) is 5.47. The van der Waals surface area contributed by atoms with Gasteiger partial charge in [0, 0.05) is 50.5 Å². The van der Waals surface area contributed by atoms with Crippen molar-refractivity contribution in [3.05, 3.63) is 18.1 Å². The molecule has 0 spiro atoms. The zero-order valence-corrected chi connectivity index (χ0v) is 13.9. The molecule has 2 aliphatic rings. The first-order valence-corrected chi connectivity index (χ1v) is 8.44. The van der Waals surface area contributed by atoms with Crippen molar-refractivity contribution in [3.8, 4) is 0 Å². The highest BCUT2D eigenvalue weighted by Gasteiger charge is 2.33. The zero-order valence-electron chi connectivity index (χ0n) is 13.9. The number of anilines is 1. The number of nitrogens with one attached hydrogen (secondary N) is 2. The molecule has 1 atom stereocenters. The number of urea groups is 1. The molecule has 8 heteroatoms. The van der Waals surface area contributed by atoms with Gasteiger partial charge in [0.1, 0.15) is 12.1 Å². The normalized spacial score (nSPS) is 26.1. The van der Waals surface area contributed by atoms with Gasteiger partial charge in [-0.15, -0.1) is 0 Å². The summed E-state index contributed by atoms with van der Waals surface area (Å²) in [5.74, 6) is 1.23. The number of aliphatic hydroxyl groups excluding tert-OH is 1. The molecule has 0 unspecified atom stereocenters. The van der Waals surface area contributed by atoms with Crippen molar-refractivity contribution in [2.45, 2.75) is 37.3 Å². The smallest absolute Gasteiger partial charge is 0.315 e. The molecular formula is C16H25N5O3. The Labute approximate surface area is 141 Å². The number of carbonyl (C=O) groups excluding carboxylic acids is 1. The fourth-order valence-corrected chi connectivity index (χ4v) is 3.19. The van der Waals surface area contributed by atoms with Crippen molar-refractivity contribution in [3.63, 3.8) is 0 Å². The van der Waals surface area contributed by atoms with Crippen LogP contribution >= 0.6 is 0 Å². The Hall–Kier alpha value is -1.93. The minimum absolute atomic E-state index is 0.148. The van der Waals surface area contributed by atoms with Crippen molar-refractivity contribution in [2.24, 2.45) is 0 Å². The predicted octanol–water partition coefficient (Wildman–Crippen LogP) is 0.239. The molecule has 1 aliphatic carbocycles. The number of aromatic nitrogens is 2. The molecular weight excluding hydrogens is 310 g/mol. The van der Waals surface area contributed by atoms with Gasteiger partial charge in [-0.1, -0.05) is 0 Å². The SMILES string of the molecule is COCCNC(=O)NC1CC(c2cc(N3CC[C@H](O)C3)ncn2)C1. The zero-order chi connectivity index (χ0) is 16.9. The molecule has 0 aromatic carbocycles. The average molecular weight is 335 g/mol. The summed E-state index contributed by atoms with van der Waals surface area (Å²) in [4.78, 5) is 22.5. The number of carbonyl (C=O) groups is 1. The topological polar surface area (TPSA) is 99.6 Å². The fourth-order valence-electron chi connectivity index (χ4n) is 3.19. The molecule has 0 radical (unpaired) electrons. The highest BCUT2D eigenvalue weighted by molar-refractivity contribution is 5.74. The molecule has 3 rings (SSSR count). The summed E-state index contributed by atoms with van der Waals surface area (Å²) in [5.41, 5.74) is 1.01. The molecule has 132 valence electrons. The third-order valence-electron chi connectivity index (χ3n) is 4.64. The highest BCUT2D eigenvalue weighted by Crippen LogP contribution is 2.36. The van der Waals surface area contributed by atoms with Gasteiger partial charge < -0.3 is 25.4 Å². The van der Waals surface area contributed by atoms with Gasteiger partial charge in [0.25, 0.3) is 0 Å². The number of nitrogens with zero attached hydrogens (tertiary/aromatic N) is 3. The van der Waals surface area contributed by atoms with Gasteiger partial charge in [0.15, 0.2) is 0 Å². The number of hydrogen-bond acceptors (Lipinski definition) is 6. The molecule has 1 aromatic heterocycles. The van der Waals surface area contributed by atoms with Crippen molar-refractivity contribution in [1.29, 1.82) is 0 Å². The first kappa shape index (κ1) is 16.9. The minimum Gasteiger partial charge on any atom is -0.391 e. The van der Waals surface area contributed by atoms with Gasteiger partial charge in [0.2, 0.25) is 0 Å². The van der Waals surface area contributed by atoms with Crippen LogP contribution in [0.3, 0.4) is 0 Å². The second-order valence-corrected chi connectivity index (χ2v) is 6.45. The lowest BCUT2D eigenvalue weighted by Gasteiger charge is -2.35. The van der Waals surface area contributed by atoms with E-state index in [9.17, 15) is 9.90 Å². The van der Waals surface area contributed by atoms with Crippen LogP contribution in [-0.4, -0.2) is 66.6 Å². The lowest BCUT2D eigenvalue weighted by Crippen LogP contribution is -2.48. The summed E-state index contributed by atoms with van der Waals surface area (Å²) < 4.78 is 4.90. The van der Waals surface area contributed by atoms with Gasteiger partial charge in [-0.3, -0.25) is 0 Å². The van der Waals surface area contributed by atoms with Crippen LogP contribution in [0.4, 0.5) is 10.6 Å². The molecule has 2 fully saturated rings. The van der Waals surface area contributed by atoms with Crippen LogP contribution in [0.25, 0.3) is 0 Å². The second-order valence-electron chi connectivity index (χ2n) is 6.45. The Bertz CT molecular complexity index is 564. The molecule has 24 heavy (non-hydrogen) atoms. The summed E-state index contributed by atoms with van der Waals surface area (Å²) in [7, 11) is 1.61. The van der Waals surface area contributed by atoms with Crippen LogP contribution in [0.15, 0.2) is 12.4 Å². The van der Waals surface area contributed by atoms with Gasteiger partial charge in [-0.05, 0) is 19.3 Å². The Morgan fingerprint density at radius 3 is 3.00 bits per heavy atom. The van der Waals surface area contributed by atoms with E-state index in [-0.39, 0.29) is 18.2 Å². The summed E-state index contributed by atoms with van der Waals surface area (Å²) >= 11 is 0. The first-order chi connectivity index (χ1) is 11.7. The van der Waals surface area contributed by atoms with Crippen LogP contribution < -0.4 is 15.5 Å². The summed E-state index contributed by atoms with van der Waals surface area (Å²) in [6.45, 7) is 2.48. The molecule has 0 bridgehead atoms. The van der Waals surface area contributed by atoms with Crippen LogP contribution in [0.1, 0.15) is 30.9 Å². The number of ether oxygens (including phenoxy) is 1. The number of β-amino-alcohol motifs (C(OH)–C–C–N with tert-alkyl or cyclic N) is 1. The van der Waals surface area contributed by atoms with E-state index in [1.165, 1.54) is 0 Å². The molecule has 2 amide bonds. The average Bonchev–Trinajstić information content (AvgIpc) is 2.97. The minimum atomic E-state index is -0.266. The van der Waals surface area contributed by atoms with E-state index in [0.717, 1.165) is 37.3 Å². The Morgan fingerprint density at radius 1 is 1.46 bits per heavy atom. The Balaban J connectivity index is 1.46. The molecule has 1 saturated heterocycles. The molecule has 3 N–H and O–H groups in total. The van der Waals surface area contributed by atoms with E-state index in [1.54, 1.807) is 13.4 Å². The van der Waals surface area contributed by atoms with Gasteiger partial charge in [-0.2, -0.15) is 0 Å². The van der Waals surface area contributed by atoms with Gasteiger partial charge in [0.05, 0.1) is 12.7 Å². The molecule has 2 heterocycles. The largest absolute Gasteiger partial charge is 0.391 e. The number of amides is 2. The van der Waals surface area contributed by atoms with Crippen LogP contribution in [-0.2, 0) is 4.74 Å². The maximum absolute atomic E-state index is 11.7. The van der Waals surface area contributed by atoms with Crippen molar-refractivity contribution in [2.75, 3.05) is 38.3 Å². The maximum Gasteiger partial charge on any atom is 0.315 e. The van der Waals surface area contributed by atoms with Crippen LogP contribution in [0.2, 0.25) is 0 Å². The molecule has 1 aromatic rings. The summed E-state index contributed by atoms with van der Waals surface area (Å²) in [6.07, 6.45) is 3.88. The number of methoxy groups -OCH3 is 1. The third-order valence-corrected chi connectivity index (χ3v) is 4.64. The molecule has 1 saturated carbocycles. The Morgan fingerprint density at radius 2 is 2.29 bits per heavy atom.